The highest BCUT2D eigenvalue weighted by Gasteiger charge is 2.25. The number of hydrogen-bond acceptors (Lipinski definition) is 3. The van der Waals surface area contributed by atoms with Gasteiger partial charge < -0.3 is 16.2 Å². The Morgan fingerprint density at radius 2 is 2.11 bits per heavy atom. The number of hydrogen-bond donors (Lipinski definition) is 3. The molecule has 1 fully saturated rings. The van der Waals surface area contributed by atoms with E-state index < -0.39 is 0 Å². The minimum atomic E-state index is 0.129. The Bertz CT molecular complexity index is 246. The summed E-state index contributed by atoms with van der Waals surface area (Å²) in [7, 11) is 0. The second-order valence-electron chi connectivity index (χ2n) is 5.62. The van der Waals surface area contributed by atoms with Gasteiger partial charge in [-0.3, -0.25) is 4.79 Å². The Labute approximate surface area is 110 Å². The largest absolute Gasteiger partial charge is 0.396 e. The van der Waals surface area contributed by atoms with Crippen molar-refractivity contribution in [3.8, 4) is 0 Å². The summed E-state index contributed by atoms with van der Waals surface area (Å²) in [6.45, 7) is 3.02. The van der Waals surface area contributed by atoms with Crippen LogP contribution in [0.5, 0.6) is 0 Å². The van der Waals surface area contributed by atoms with Crippen molar-refractivity contribution < 1.29 is 9.90 Å². The molecule has 0 aromatic rings. The molecule has 4 nitrogen and oxygen atoms in total. The van der Waals surface area contributed by atoms with Crippen LogP contribution in [0.25, 0.3) is 0 Å². The van der Waals surface area contributed by atoms with E-state index in [9.17, 15) is 9.90 Å². The highest BCUT2D eigenvalue weighted by molar-refractivity contribution is 5.76. The van der Waals surface area contributed by atoms with Gasteiger partial charge in [0.1, 0.15) is 0 Å². The molecule has 0 aromatic heterocycles. The van der Waals surface area contributed by atoms with E-state index in [2.05, 4.69) is 12.2 Å². The number of carbonyl (C=O) groups excluding carboxylic acids is 1. The molecule has 1 rings (SSSR count). The SMILES string of the molecule is CC(CCN)CCC(=O)NC1CCCCC1CO. The molecule has 4 heteroatoms. The maximum atomic E-state index is 11.9. The molecule has 4 N–H and O–H groups in total. The predicted molar refractivity (Wildman–Crippen MR) is 73.0 cm³/mol. The van der Waals surface area contributed by atoms with E-state index in [1.807, 2.05) is 0 Å². The molecule has 0 saturated heterocycles. The van der Waals surface area contributed by atoms with E-state index in [-0.39, 0.29) is 24.5 Å². The van der Waals surface area contributed by atoms with Gasteiger partial charge in [-0.1, -0.05) is 19.8 Å². The molecular weight excluding hydrogens is 228 g/mol. The number of nitrogens with two attached hydrogens (primary N) is 1. The predicted octanol–water partition coefficient (Wildman–Crippen LogP) is 1.42. The summed E-state index contributed by atoms with van der Waals surface area (Å²) in [5.41, 5.74) is 5.49. The molecule has 3 unspecified atom stereocenters. The zero-order valence-electron chi connectivity index (χ0n) is 11.5. The fourth-order valence-electron chi connectivity index (χ4n) is 2.70. The molecule has 1 saturated carbocycles. The van der Waals surface area contributed by atoms with Gasteiger partial charge in [-0.15, -0.1) is 0 Å². The van der Waals surface area contributed by atoms with Gasteiger partial charge in [0, 0.05) is 25.0 Å². The zero-order valence-corrected chi connectivity index (χ0v) is 11.5. The average molecular weight is 256 g/mol. The van der Waals surface area contributed by atoms with Gasteiger partial charge in [-0.05, 0) is 38.1 Å². The minimum absolute atomic E-state index is 0.129. The molecule has 0 radical (unpaired) electrons. The summed E-state index contributed by atoms with van der Waals surface area (Å²) in [5, 5.41) is 12.4. The van der Waals surface area contributed by atoms with E-state index in [4.69, 9.17) is 5.73 Å². The highest BCUT2D eigenvalue weighted by atomic mass is 16.3. The molecule has 0 bridgehead atoms. The minimum Gasteiger partial charge on any atom is -0.396 e. The van der Waals surface area contributed by atoms with Crippen LogP contribution in [0.15, 0.2) is 0 Å². The molecule has 1 amide bonds. The standard InChI is InChI=1S/C14H28N2O2/c1-11(8-9-15)6-7-14(18)16-13-5-3-2-4-12(13)10-17/h11-13,17H,2-10,15H2,1H3,(H,16,18). The summed E-state index contributed by atoms with van der Waals surface area (Å²) in [4.78, 5) is 11.9. The number of nitrogens with one attached hydrogen (secondary N) is 1. The van der Waals surface area contributed by atoms with Gasteiger partial charge in [0.25, 0.3) is 0 Å². The van der Waals surface area contributed by atoms with E-state index in [0.29, 0.717) is 18.9 Å². The third-order valence-electron chi connectivity index (χ3n) is 4.01. The Hall–Kier alpha value is -0.610. The van der Waals surface area contributed by atoms with Gasteiger partial charge in [-0.2, -0.15) is 0 Å². The zero-order chi connectivity index (χ0) is 13.4. The smallest absolute Gasteiger partial charge is 0.220 e. The molecule has 0 heterocycles. The molecule has 1 aliphatic carbocycles. The van der Waals surface area contributed by atoms with Gasteiger partial charge in [0.15, 0.2) is 0 Å². The highest BCUT2D eigenvalue weighted by Crippen LogP contribution is 2.24. The fraction of sp³-hybridized carbons (Fsp3) is 0.929. The van der Waals surface area contributed by atoms with E-state index in [1.165, 1.54) is 6.42 Å². The lowest BCUT2D eigenvalue weighted by Crippen LogP contribution is -2.43. The van der Waals surface area contributed by atoms with Gasteiger partial charge in [0.05, 0.1) is 0 Å². The number of aliphatic hydroxyl groups excluding tert-OH is 1. The van der Waals surface area contributed by atoms with Crippen molar-refractivity contribution in [2.45, 2.75) is 57.9 Å². The lowest BCUT2D eigenvalue weighted by Gasteiger charge is -2.31. The van der Waals surface area contributed by atoms with Crippen LogP contribution in [0.1, 0.15) is 51.9 Å². The quantitative estimate of drug-likeness (QED) is 0.645. The fourth-order valence-corrected chi connectivity index (χ4v) is 2.70. The first-order chi connectivity index (χ1) is 8.67. The van der Waals surface area contributed by atoms with Gasteiger partial charge in [-0.25, -0.2) is 0 Å². The first-order valence-electron chi connectivity index (χ1n) is 7.27. The maximum Gasteiger partial charge on any atom is 0.220 e. The maximum absolute atomic E-state index is 11.9. The van der Waals surface area contributed by atoms with Crippen molar-refractivity contribution in [1.82, 2.24) is 5.32 Å². The van der Waals surface area contributed by atoms with Crippen molar-refractivity contribution in [1.29, 1.82) is 0 Å². The third-order valence-corrected chi connectivity index (χ3v) is 4.01. The summed E-state index contributed by atoms with van der Waals surface area (Å²) < 4.78 is 0. The summed E-state index contributed by atoms with van der Waals surface area (Å²) in [6, 6.07) is 0.182. The molecule has 18 heavy (non-hydrogen) atoms. The average Bonchev–Trinajstić information content (AvgIpc) is 2.37. The third kappa shape index (κ3) is 5.36. The summed E-state index contributed by atoms with van der Waals surface area (Å²) >= 11 is 0. The van der Waals surface area contributed by atoms with Crippen LogP contribution in [0.3, 0.4) is 0 Å². The van der Waals surface area contributed by atoms with E-state index in [0.717, 1.165) is 32.1 Å². The second kappa shape index (κ2) is 8.48. The monoisotopic (exact) mass is 256 g/mol. The van der Waals surface area contributed by atoms with Crippen LogP contribution in [0.4, 0.5) is 0 Å². The van der Waals surface area contributed by atoms with Crippen LogP contribution < -0.4 is 11.1 Å². The molecule has 0 aromatic carbocycles. The van der Waals surface area contributed by atoms with Crippen LogP contribution in [-0.4, -0.2) is 30.2 Å². The Morgan fingerprint density at radius 1 is 1.39 bits per heavy atom. The Kier molecular flexibility index (Phi) is 7.28. The second-order valence-corrected chi connectivity index (χ2v) is 5.62. The normalized spacial score (nSPS) is 25.7. The molecular formula is C14H28N2O2. The van der Waals surface area contributed by atoms with Crippen molar-refractivity contribution >= 4 is 5.91 Å². The van der Waals surface area contributed by atoms with Crippen molar-refractivity contribution in [3.63, 3.8) is 0 Å². The lowest BCUT2D eigenvalue weighted by atomic mass is 9.85. The lowest BCUT2D eigenvalue weighted by molar-refractivity contribution is -0.122. The van der Waals surface area contributed by atoms with Gasteiger partial charge in [0.2, 0.25) is 5.91 Å². The van der Waals surface area contributed by atoms with Crippen LogP contribution in [0.2, 0.25) is 0 Å². The van der Waals surface area contributed by atoms with Crippen LogP contribution in [-0.2, 0) is 4.79 Å². The van der Waals surface area contributed by atoms with Crippen LogP contribution in [0, 0.1) is 11.8 Å². The Balaban J connectivity index is 2.25. The molecule has 3 atom stereocenters. The molecule has 1 aliphatic rings. The number of rotatable bonds is 7. The summed E-state index contributed by atoms with van der Waals surface area (Å²) in [5.74, 6) is 0.897. The molecule has 0 aliphatic heterocycles. The molecule has 0 spiro atoms. The van der Waals surface area contributed by atoms with Crippen molar-refractivity contribution in [2.24, 2.45) is 17.6 Å². The summed E-state index contributed by atoms with van der Waals surface area (Å²) in [6.07, 6.45) is 6.84. The van der Waals surface area contributed by atoms with E-state index >= 15 is 0 Å². The Morgan fingerprint density at radius 3 is 2.78 bits per heavy atom. The van der Waals surface area contributed by atoms with Crippen molar-refractivity contribution in [2.75, 3.05) is 13.2 Å². The molecule has 106 valence electrons. The topological polar surface area (TPSA) is 75.4 Å². The van der Waals surface area contributed by atoms with Gasteiger partial charge >= 0.3 is 0 Å². The number of carbonyl (C=O) groups is 1. The van der Waals surface area contributed by atoms with Crippen molar-refractivity contribution in [3.05, 3.63) is 0 Å². The van der Waals surface area contributed by atoms with Crippen LogP contribution >= 0.6 is 0 Å². The first kappa shape index (κ1) is 15.4. The van der Waals surface area contributed by atoms with E-state index in [1.54, 1.807) is 0 Å². The number of aliphatic hydroxyl groups is 1. The first-order valence-corrected chi connectivity index (χ1v) is 7.27. The number of amides is 1.